The molecule has 0 spiro atoms. The summed E-state index contributed by atoms with van der Waals surface area (Å²) >= 11 is 5.92. The lowest BCUT2D eigenvalue weighted by Crippen LogP contribution is -2.01. The molecule has 2 aromatic rings. The van der Waals surface area contributed by atoms with Gasteiger partial charge in [0.25, 0.3) is 0 Å². The molecule has 0 radical (unpaired) electrons. The molecule has 0 saturated carbocycles. The van der Waals surface area contributed by atoms with E-state index in [1.54, 1.807) is 6.07 Å². The Balaban J connectivity index is 2.46. The number of rotatable bonds is 3. The third-order valence-corrected chi connectivity index (χ3v) is 2.68. The topological polar surface area (TPSA) is 25.8 Å². The van der Waals surface area contributed by atoms with E-state index in [0.717, 1.165) is 18.2 Å². The predicted octanol–water partition coefficient (Wildman–Crippen LogP) is 4.27. The first-order chi connectivity index (χ1) is 8.94. The van der Waals surface area contributed by atoms with E-state index in [-0.39, 0.29) is 16.5 Å². The van der Waals surface area contributed by atoms with Crippen LogP contribution in [0.5, 0.6) is 0 Å². The Kier molecular flexibility index (Phi) is 4.10. The molecule has 100 valence electrons. The summed E-state index contributed by atoms with van der Waals surface area (Å²) in [6.45, 7) is 4.11. The Morgan fingerprint density at radius 1 is 1.05 bits per heavy atom. The van der Waals surface area contributed by atoms with Gasteiger partial charge in [-0.25, -0.2) is 18.7 Å². The zero-order chi connectivity index (χ0) is 14.0. The highest BCUT2D eigenvalue weighted by Gasteiger charge is 2.10. The number of benzene rings is 1. The molecule has 0 aliphatic carbocycles. The van der Waals surface area contributed by atoms with Crippen molar-refractivity contribution in [3.05, 3.63) is 46.7 Å². The first-order valence-electron chi connectivity index (χ1n) is 5.94. The molecule has 1 aromatic carbocycles. The smallest absolute Gasteiger partial charge is 0.161 e. The number of hydrogen-bond donors (Lipinski definition) is 0. The van der Waals surface area contributed by atoms with Crippen molar-refractivity contribution in [2.24, 2.45) is 5.92 Å². The summed E-state index contributed by atoms with van der Waals surface area (Å²) in [6.07, 6.45) is 0.729. The van der Waals surface area contributed by atoms with E-state index in [1.807, 2.05) is 0 Å². The fourth-order valence-electron chi connectivity index (χ4n) is 1.80. The summed E-state index contributed by atoms with van der Waals surface area (Å²) in [7, 11) is 0. The van der Waals surface area contributed by atoms with Gasteiger partial charge >= 0.3 is 0 Å². The molecule has 0 fully saturated rings. The normalized spacial score (nSPS) is 11.1. The van der Waals surface area contributed by atoms with Gasteiger partial charge in [0.1, 0.15) is 16.8 Å². The zero-order valence-electron chi connectivity index (χ0n) is 10.6. The third-order valence-electron chi connectivity index (χ3n) is 2.49. The zero-order valence-corrected chi connectivity index (χ0v) is 11.4. The Labute approximate surface area is 115 Å². The molecule has 0 aliphatic heterocycles. The summed E-state index contributed by atoms with van der Waals surface area (Å²) in [5.41, 5.74) is 1.04. The molecule has 0 aliphatic rings. The van der Waals surface area contributed by atoms with Crippen LogP contribution in [0.25, 0.3) is 11.4 Å². The predicted molar refractivity (Wildman–Crippen MR) is 70.9 cm³/mol. The van der Waals surface area contributed by atoms with Crippen molar-refractivity contribution in [3.8, 4) is 11.4 Å². The summed E-state index contributed by atoms with van der Waals surface area (Å²) < 4.78 is 26.4. The molecule has 2 nitrogen and oxygen atoms in total. The third kappa shape index (κ3) is 3.70. The van der Waals surface area contributed by atoms with Gasteiger partial charge in [0.05, 0.1) is 0 Å². The van der Waals surface area contributed by atoms with Gasteiger partial charge in [0.15, 0.2) is 5.82 Å². The molecule has 19 heavy (non-hydrogen) atoms. The van der Waals surface area contributed by atoms with Crippen LogP contribution in [-0.2, 0) is 6.42 Å². The standard InChI is InChI=1S/C14H13ClF2N2/c1-8(2)3-12-7-13(15)19-14(18-12)9-4-10(16)6-11(17)5-9/h4-8H,3H2,1-2H3. The van der Waals surface area contributed by atoms with Gasteiger partial charge in [-0.15, -0.1) is 0 Å². The molecular formula is C14H13ClF2N2. The number of hydrogen-bond acceptors (Lipinski definition) is 2. The van der Waals surface area contributed by atoms with E-state index in [4.69, 9.17) is 11.6 Å². The van der Waals surface area contributed by atoms with Crippen LogP contribution in [0, 0.1) is 17.6 Å². The minimum Gasteiger partial charge on any atom is -0.233 e. The van der Waals surface area contributed by atoms with Crippen molar-refractivity contribution in [1.82, 2.24) is 9.97 Å². The quantitative estimate of drug-likeness (QED) is 0.786. The molecule has 0 atom stereocenters. The minimum atomic E-state index is -0.663. The Morgan fingerprint density at radius 2 is 1.68 bits per heavy atom. The maximum atomic E-state index is 13.2. The van der Waals surface area contributed by atoms with Crippen LogP contribution in [0.3, 0.4) is 0 Å². The molecule has 1 aromatic heterocycles. The Morgan fingerprint density at radius 3 is 2.26 bits per heavy atom. The first kappa shape index (κ1) is 13.9. The number of halogens is 3. The average molecular weight is 283 g/mol. The fraction of sp³-hybridized carbons (Fsp3) is 0.286. The van der Waals surface area contributed by atoms with Crippen molar-refractivity contribution >= 4 is 11.6 Å². The Bertz CT molecular complexity index is 580. The maximum absolute atomic E-state index is 13.2. The van der Waals surface area contributed by atoms with Crippen LogP contribution in [0.1, 0.15) is 19.5 Å². The van der Waals surface area contributed by atoms with Crippen LogP contribution in [-0.4, -0.2) is 9.97 Å². The molecule has 0 unspecified atom stereocenters. The minimum absolute atomic E-state index is 0.238. The molecule has 2 rings (SSSR count). The molecule has 0 amide bonds. The highest BCUT2D eigenvalue weighted by Crippen LogP contribution is 2.21. The molecule has 5 heteroatoms. The van der Waals surface area contributed by atoms with E-state index in [9.17, 15) is 8.78 Å². The SMILES string of the molecule is CC(C)Cc1cc(Cl)nc(-c2cc(F)cc(F)c2)n1. The number of nitrogens with zero attached hydrogens (tertiary/aromatic N) is 2. The van der Waals surface area contributed by atoms with Crippen LogP contribution in [0.4, 0.5) is 8.78 Å². The largest absolute Gasteiger partial charge is 0.233 e. The molecule has 1 heterocycles. The second-order valence-electron chi connectivity index (χ2n) is 4.76. The van der Waals surface area contributed by atoms with Crippen molar-refractivity contribution in [3.63, 3.8) is 0 Å². The van der Waals surface area contributed by atoms with Crippen LogP contribution in [0.2, 0.25) is 5.15 Å². The van der Waals surface area contributed by atoms with Gasteiger partial charge in [-0.05, 0) is 30.5 Å². The number of aromatic nitrogens is 2. The monoisotopic (exact) mass is 282 g/mol. The lowest BCUT2D eigenvalue weighted by Gasteiger charge is -2.07. The van der Waals surface area contributed by atoms with Gasteiger partial charge < -0.3 is 0 Å². The second kappa shape index (κ2) is 5.61. The van der Waals surface area contributed by atoms with E-state index in [2.05, 4.69) is 23.8 Å². The van der Waals surface area contributed by atoms with E-state index in [0.29, 0.717) is 5.92 Å². The Hall–Kier alpha value is -1.55. The summed E-state index contributed by atoms with van der Waals surface area (Å²) in [4.78, 5) is 8.31. The van der Waals surface area contributed by atoms with Crippen molar-refractivity contribution in [1.29, 1.82) is 0 Å². The van der Waals surface area contributed by atoms with Crippen LogP contribution < -0.4 is 0 Å². The highest BCUT2D eigenvalue weighted by molar-refractivity contribution is 6.29. The van der Waals surface area contributed by atoms with E-state index >= 15 is 0 Å². The van der Waals surface area contributed by atoms with Gasteiger partial charge in [-0.1, -0.05) is 25.4 Å². The molecule has 0 saturated heterocycles. The first-order valence-corrected chi connectivity index (χ1v) is 6.32. The van der Waals surface area contributed by atoms with E-state index < -0.39 is 11.6 Å². The van der Waals surface area contributed by atoms with Crippen LogP contribution >= 0.6 is 11.6 Å². The highest BCUT2D eigenvalue weighted by atomic mass is 35.5. The van der Waals surface area contributed by atoms with Gasteiger partial charge in [0, 0.05) is 17.3 Å². The maximum Gasteiger partial charge on any atom is 0.161 e. The van der Waals surface area contributed by atoms with Crippen LogP contribution in [0.15, 0.2) is 24.3 Å². The summed E-state index contributed by atoms with van der Waals surface area (Å²) in [6, 6.07) is 4.85. The average Bonchev–Trinajstić information content (AvgIpc) is 2.25. The lowest BCUT2D eigenvalue weighted by atomic mass is 10.1. The summed E-state index contributed by atoms with van der Waals surface area (Å²) in [5, 5.41) is 0.269. The van der Waals surface area contributed by atoms with Gasteiger partial charge in [0.2, 0.25) is 0 Å². The molecular weight excluding hydrogens is 270 g/mol. The second-order valence-corrected chi connectivity index (χ2v) is 5.15. The van der Waals surface area contributed by atoms with Gasteiger partial charge in [-0.2, -0.15) is 0 Å². The lowest BCUT2D eigenvalue weighted by molar-refractivity contribution is 0.583. The van der Waals surface area contributed by atoms with Crippen molar-refractivity contribution < 1.29 is 8.78 Å². The molecule has 0 bridgehead atoms. The van der Waals surface area contributed by atoms with Gasteiger partial charge in [-0.3, -0.25) is 0 Å². The summed E-state index contributed by atoms with van der Waals surface area (Å²) in [5.74, 6) is -0.683. The van der Waals surface area contributed by atoms with Crippen molar-refractivity contribution in [2.75, 3.05) is 0 Å². The van der Waals surface area contributed by atoms with Crippen molar-refractivity contribution in [2.45, 2.75) is 20.3 Å². The molecule has 0 N–H and O–H groups in total. The fourth-order valence-corrected chi connectivity index (χ4v) is 2.01. The van der Waals surface area contributed by atoms with E-state index in [1.165, 1.54) is 12.1 Å².